The molecule has 0 unspecified atom stereocenters. The summed E-state index contributed by atoms with van der Waals surface area (Å²) >= 11 is 0. The van der Waals surface area contributed by atoms with Crippen LogP contribution in [-0.2, 0) is 6.54 Å². The molecule has 0 radical (unpaired) electrons. The topological polar surface area (TPSA) is 24.9 Å². The fraction of sp³-hybridized carbons (Fsp3) is 0.312. The summed E-state index contributed by atoms with van der Waals surface area (Å²) in [6.45, 7) is 7.35. The molecular formula is C16H20N2. The van der Waals surface area contributed by atoms with Gasteiger partial charge in [0.25, 0.3) is 0 Å². The van der Waals surface area contributed by atoms with Crippen LogP contribution in [0.15, 0.2) is 42.7 Å². The lowest BCUT2D eigenvalue weighted by atomic mass is 10.0. The highest BCUT2D eigenvalue weighted by Gasteiger charge is 2.03. The average Bonchev–Trinajstić information content (AvgIpc) is 2.37. The van der Waals surface area contributed by atoms with Crippen molar-refractivity contribution in [2.75, 3.05) is 0 Å². The van der Waals surface area contributed by atoms with Crippen molar-refractivity contribution in [3.8, 4) is 11.1 Å². The molecule has 0 amide bonds. The number of aromatic nitrogens is 1. The molecule has 1 aromatic carbocycles. The van der Waals surface area contributed by atoms with Gasteiger partial charge in [-0.05, 0) is 35.7 Å². The van der Waals surface area contributed by atoms with Crippen LogP contribution in [-0.4, -0.2) is 11.0 Å². The number of rotatable bonds is 4. The van der Waals surface area contributed by atoms with Crippen molar-refractivity contribution in [3.63, 3.8) is 0 Å². The van der Waals surface area contributed by atoms with E-state index in [4.69, 9.17) is 0 Å². The van der Waals surface area contributed by atoms with Gasteiger partial charge in [-0.2, -0.15) is 0 Å². The highest BCUT2D eigenvalue weighted by Crippen LogP contribution is 2.22. The maximum absolute atomic E-state index is 4.21. The molecule has 0 bridgehead atoms. The lowest BCUT2D eigenvalue weighted by Crippen LogP contribution is -2.21. The van der Waals surface area contributed by atoms with Gasteiger partial charge in [0, 0.05) is 30.5 Å². The molecule has 2 nitrogen and oxygen atoms in total. The molecule has 2 heteroatoms. The molecule has 0 saturated heterocycles. The largest absolute Gasteiger partial charge is 0.310 e. The van der Waals surface area contributed by atoms with Gasteiger partial charge in [0.15, 0.2) is 0 Å². The molecule has 0 aliphatic carbocycles. The van der Waals surface area contributed by atoms with Crippen LogP contribution in [0.4, 0.5) is 0 Å². The molecule has 0 aliphatic rings. The summed E-state index contributed by atoms with van der Waals surface area (Å²) in [4.78, 5) is 4.21. The van der Waals surface area contributed by atoms with Crippen LogP contribution in [0.25, 0.3) is 11.1 Å². The fourth-order valence-electron chi connectivity index (χ4n) is 1.94. The van der Waals surface area contributed by atoms with E-state index in [0.717, 1.165) is 6.54 Å². The second kappa shape index (κ2) is 5.78. The van der Waals surface area contributed by atoms with E-state index >= 15 is 0 Å². The van der Waals surface area contributed by atoms with Crippen molar-refractivity contribution in [3.05, 3.63) is 53.9 Å². The van der Waals surface area contributed by atoms with Crippen LogP contribution in [0.3, 0.4) is 0 Å². The first-order valence-electron chi connectivity index (χ1n) is 6.40. The molecule has 18 heavy (non-hydrogen) atoms. The highest BCUT2D eigenvalue weighted by molar-refractivity contribution is 5.66. The predicted octanol–water partition coefficient (Wildman–Crippen LogP) is 3.56. The molecule has 0 aliphatic heterocycles. The van der Waals surface area contributed by atoms with Crippen molar-refractivity contribution in [1.82, 2.24) is 10.3 Å². The lowest BCUT2D eigenvalue weighted by molar-refractivity contribution is 0.589. The molecule has 1 aromatic heterocycles. The van der Waals surface area contributed by atoms with Gasteiger partial charge in [-0.3, -0.25) is 4.98 Å². The highest BCUT2D eigenvalue weighted by atomic mass is 14.9. The van der Waals surface area contributed by atoms with Crippen LogP contribution >= 0.6 is 0 Å². The monoisotopic (exact) mass is 240 g/mol. The SMILES string of the molecule is Cc1ccncc1-c1cccc(CNC(C)C)c1. The van der Waals surface area contributed by atoms with E-state index in [0.29, 0.717) is 6.04 Å². The summed E-state index contributed by atoms with van der Waals surface area (Å²) in [7, 11) is 0. The van der Waals surface area contributed by atoms with E-state index < -0.39 is 0 Å². The zero-order valence-electron chi connectivity index (χ0n) is 11.3. The summed E-state index contributed by atoms with van der Waals surface area (Å²) < 4.78 is 0. The number of nitrogens with zero attached hydrogens (tertiary/aromatic N) is 1. The summed E-state index contributed by atoms with van der Waals surface area (Å²) in [5, 5.41) is 3.44. The minimum Gasteiger partial charge on any atom is -0.310 e. The van der Waals surface area contributed by atoms with Crippen LogP contribution in [0.2, 0.25) is 0 Å². The second-order valence-electron chi connectivity index (χ2n) is 4.93. The van der Waals surface area contributed by atoms with Crippen molar-refractivity contribution in [1.29, 1.82) is 0 Å². The first kappa shape index (κ1) is 12.8. The van der Waals surface area contributed by atoms with Crippen LogP contribution in [0.5, 0.6) is 0 Å². The van der Waals surface area contributed by atoms with E-state index in [1.165, 1.54) is 22.3 Å². The molecule has 2 aromatic rings. The van der Waals surface area contributed by atoms with E-state index in [-0.39, 0.29) is 0 Å². The Morgan fingerprint density at radius 3 is 2.78 bits per heavy atom. The first-order chi connectivity index (χ1) is 8.66. The molecule has 2 rings (SSSR count). The van der Waals surface area contributed by atoms with Crippen LogP contribution in [0, 0.1) is 6.92 Å². The molecule has 0 atom stereocenters. The minimum absolute atomic E-state index is 0.508. The van der Waals surface area contributed by atoms with Crippen molar-refractivity contribution >= 4 is 0 Å². The maximum Gasteiger partial charge on any atom is 0.0349 e. The number of benzene rings is 1. The van der Waals surface area contributed by atoms with E-state index in [9.17, 15) is 0 Å². The zero-order valence-corrected chi connectivity index (χ0v) is 11.3. The zero-order chi connectivity index (χ0) is 13.0. The van der Waals surface area contributed by atoms with Gasteiger partial charge >= 0.3 is 0 Å². The van der Waals surface area contributed by atoms with Gasteiger partial charge in [0.05, 0.1) is 0 Å². The van der Waals surface area contributed by atoms with E-state index in [1.54, 1.807) is 0 Å². The molecule has 0 saturated carbocycles. The normalized spacial score (nSPS) is 10.9. The van der Waals surface area contributed by atoms with Gasteiger partial charge < -0.3 is 5.32 Å². The molecule has 1 heterocycles. The summed E-state index contributed by atoms with van der Waals surface area (Å²) in [5.41, 5.74) is 5.02. The number of aryl methyl sites for hydroxylation is 1. The molecular weight excluding hydrogens is 220 g/mol. The van der Waals surface area contributed by atoms with Gasteiger partial charge in [-0.15, -0.1) is 0 Å². The Balaban J connectivity index is 2.25. The standard InChI is InChI=1S/C16H20N2/c1-12(2)18-10-14-5-4-6-15(9-14)16-11-17-8-7-13(16)3/h4-9,11-12,18H,10H2,1-3H3. The summed E-state index contributed by atoms with van der Waals surface area (Å²) in [6, 6.07) is 11.2. The summed E-state index contributed by atoms with van der Waals surface area (Å²) in [5.74, 6) is 0. The first-order valence-corrected chi connectivity index (χ1v) is 6.40. The number of hydrogen-bond donors (Lipinski definition) is 1. The third-order valence-electron chi connectivity index (χ3n) is 2.99. The number of pyridine rings is 1. The third kappa shape index (κ3) is 3.17. The minimum atomic E-state index is 0.508. The second-order valence-corrected chi connectivity index (χ2v) is 4.93. The average molecular weight is 240 g/mol. The van der Waals surface area contributed by atoms with Crippen molar-refractivity contribution < 1.29 is 0 Å². The van der Waals surface area contributed by atoms with Crippen LogP contribution < -0.4 is 5.32 Å². The smallest absolute Gasteiger partial charge is 0.0349 e. The lowest BCUT2D eigenvalue weighted by Gasteiger charge is -2.10. The molecule has 0 fully saturated rings. The Morgan fingerprint density at radius 2 is 2.06 bits per heavy atom. The van der Waals surface area contributed by atoms with Gasteiger partial charge in [-0.1, -0.05) is 32.0 Å². The Kier molecular flexibility index (Phi) is 4.11. The number of nitrogens with one attached hydrogen (secondary N) is 1. The molecule has 0 spiro atoms. The van der Waals surface area contributed by atoms with E-state index in [2.05, 4.69) is 55.3 Å². The van der Waals surface area contributed by atoms with Crippen molar-refractivity contribution in [2.45, 2.75) is 33.4 Å². The van der Waals surface area contributed by atoms with Gasteiger partial charge in [-0.25, -0.2) is 0 Å². The van der Waals surface area contributed by atoms with Gasteiger partial charge in [0.2, 0.25) is 0 Å². The Bertz CT molecular complexity index is 518. The number of hydrogen-bond acceptors (Lipinski definition) is 2. The summed E-state index contributed by atoms with van der Waals surface area (Å²) in [6.07, 6.45) is 3.77. The fourth-order valence-corrected chi connectivity index (χ4v) is 1.94. The molecule has 94 valence electrons. The Morgan fingerprint density at radius 1 is 1.22 bits per heavy atom. The molecule has 1 N–H and O–H groups in total. The third-order valence-corrected chi connectivity index (χ3v) is 2.99. The maximum atomic E-state index is 4.21. The van der Waals surface area contributed by atoms with Crippen LogP contribution in [0.1, 0.15) is 25.0 Å². The van der Waals surface area contributed by atoms with Crippen molar-refractivity contribution in [2.24, 2.45) is 0 Å². The predicted molar refractivity (Wildman–Crippen MR) is 76.4 cm³/mol. The van der Waals surface area contributed by atoms with Gasteiger partial charge in [0.1, 0.15) is 0 Å². The van der Waals surface area contributed by atoms with E-state index in [1.807, 2.05) is 18.5 Å². The Labute approximate surface area is 109 Å². The quantitative estimate of drug-likeness (QED) is 0.884. The Hall–Kier alpha value is -1.67.